The van der Waals surface area contributed by atoms with Gasteiger partial charge in [0.2, 0.25) is 0 Å². The monoisotopic (exact) mass is 430 g/mol. The molecule has 1 aliphatic heterocycles. The minimum atomic E-state index is -0.470. The Morgan fingerprint density at radius 3 is 2.50 bits per heavy atom. The Kier molecular flexibility index (Phi) is 5.64. The van der Waals surface area contributed by atoms with E-state index >= 15 is 0 Å². The number of nitrogens with one attached hydrogen (secondary N) is 1. The van der Waals surface area contributed by atoms with Crippen molar-refractivity contribution in [1.29, 1.82) is 0 Å². The third-order valence-corrected chi connectivity index (χ3v) is 5.25. The number of carbonyl (C=O) groups excluding carboxylic acids is 3. The van der Waals surface area contributed by atoms with E-state index in [1.54, 1.807) is 30.3 Å². The number of carbonyl (C=O) groups is 3. The van der Waals surface area contributed by atoms with Crippen LogP contribution >= 0.6 is 0 Å². The second-order valence-corrected chi connectivity index (χ2v) is 7.59. The van der Waals surface area contributed by atoms with E-state index in [0.29, 0.717) is 17.1 Å². The van der Waals surface area contributed by atoms with E-state index in [4.69, 9.17) is 9.15 Å². The van der Waals surface area contributed by atoms with Gasteiger partial charge in [-0.05, 0) is 49.2 Å². The van der Waals surface area contributed by atoms with Crippen molar-refractivity contribution in [2.24, 2.45) is 0 Å². The Hall–Kier alpha value is -4.13. The smallest absolute Gasteiger partial charge is 0.337 e. The topological polar surface area (TPSA) is 88.9 Å². The molecule has 1 saturated heterocycles. The van der Waals surface area contributed by atoms with Crippen LogP contribution in [0.4, 0.5) is 4.79 Å². The summed E-state index contributed by atoms with van der Waals surface area (Å²) >= 11 is 0. The Labute approximate surface area is 185 Å². The fourth-order valence-corrected chi connectivity index (χ4v) is 3.49. The summed E-state index contributed by atoms with van der Waals surface area (Å²) in [7, 11) is 1.34. The maximum Gasteiger partial charge on any atom is 0.337 e. The molecule has 0 radical (unpaired) electrons. The van der Waals surface area contributed by atoms with E-state index in [0.717, 1.165) is 27.2 Å². The van der Waals surface area contributed by atoms with Crippen LogP contribution in [0.25, 0.3) is 17.4 Å². The Balaban J connectivity index is 1.53. The average molecular weight is 430 g/mol. The van der Waals surface area contributed by atoms with Crippen molar-refractivity contribution in [3.05, 3.63) is 88.3 Å². The van der Waals surface area contributed by atoms with Crippen molar-refractivity contribution in [3.63, 3.8) is 0 Å². The number of furan rings is 1. The highest BCUT2D eigenvalue weighted by molar-refractivity contribution is 6.13. The Morgan fingerprint density at radius 2 is 1.81 bits per heavy atom. The molecule has 3 aromatic rings. The molecule has 162 valence electrons. The highest BCUT2D eigenvalue weighted by atomic mass is 16.5. The lowest BCUT2D eigenvalue weighted by molar-refractivity contribution is -0.123. The van der Waals surface area contributed by atoms with Crippen LogP contribution in [0.2, 0.25) is 0 Å². The molecular weight excluding hydrogens is 408 g/mol. The SMILES string of the molecule is COC(=O)c1ccc(-c2ccc(/C=C3/NC(=O)N(Cc4ccc(C)cc4)C3=O)o2)c(C)c1. The van der Waals surface area contributed by atoms with Crippen LogP contribution in [0.3, 0.4) is 0 Å². The first-order chi connectivity index (χ1) is 15.4. The highest BCUT2D eigenvalue weighted by Crippen LogP contribution is 2.28. The average Bonchev–Trinajstić information content (AvgIpc) is 3.34. The van der Waals surface area contributed by atoms with E-state index in [-0.39, 0.29) is 12.2 Å². The molecule has 1 aromatic heterocycles. The fourth-order valence-electron chi connectivity index (χ4n) is 3.49. The van der Waals surface area contributed by atoms with Crippen LogP contribution in [0.5, 0.6) is 0 Å². The molecule has 0 spiro atoms. The van der Waals surface area contributed by atoms with Gasteiger partial charge in [-0.15, -0.1) is 0 Å². The molecule has 0 bridgehead atoms. The van der Waals surface area contributed by atoms with Gasteiger partial charge in [0.25, 0.3) is 5.91 Å². The molecular formula is C25H22N2O5. The normalized spacial score (nSPS) is 14.7. The first-order valence-corrected chi connectivity index (χ1v) is 10.0. The van der Waals surface area contributed by atoms with E-state index < -0.39 is 17.9 Å². The predicted molar refractivity (Wildman–Crippen MR) is 118 cm³/mol. The number of aryl methyl sites for hydroxylation is 2. The van der Waals surface area contributed by atoms with Gasteiger partial charge in [-0.3, -0.25) is 9.69 Å². The van der Waals surface area contributed by atoms with Crippen LogP contribution in [-0.4, -0.2) is 29.9 Å². The molecule has 2 heterocycles. The molecule has 1 aliphatic rings. The van der Waals surface area contributed by atoms with Crippen molar-refractivity contribution in [2.45, 2.75) is 20.4 Å². The van der Waals surface area contributed by atoms with Gasteiger partial charge >= 0.3 is 12.0 Å². The standard InChI is InChI=1S/C25H22N2O5/c1-15-4-6-17(7-5-15)14-27-23(28)21(26-25(27)30)13-19-9-11-22(32-19)20-10-8-18(12-16(20)2)24(29)31-3/h4-13H,14H2,1-3H3,(H,26,30)/b21-13+. The Bertz CT molecular complexity index is 1240. The van der Waals surface area contributed by atoms with Crippen molar-refractivity contribution in [1.82, 2.24) is 10.2 Å². The van der Waals surface area contributed by atoms with E-state index in [1.165, 1.54) is 13.2 Å². The van der Waals surface area contributed by atoms with Crippen LogP contribution in [0.1, 0.15) is 32.8 Å². The number of esters is 1. The van der Waals surface area contributed by atoms with Crippen molar-refractivity contribution < 1.29 is 23.5 Å². The molecule has 7 heteroatoms. The summed E-state index contributed by atoms with van der Waals surface area (Å²) in [5, 5.41) is 2.61. The lowest BCUT2D eigenvalue weighted by Crippen LogP contribution is -2.30. The second kappa shape index (κ2) is 8.55. The number of urea groups is 1. The number of rotatable bonds is 5. The van der Waals surface area contributed by atoms with Crippen molar-refractivity contribution in [2.75, 3.05) is 7.11 Å². The zero-order valence-corrected chi connectivity index (χ0v) is 18.0. The summed E-state index contributed by atoms with van der Waals surface area (Å²) < 4.78 is 10.6. The summed E-state index contributed by atoms with van der Waals surface area (Å²) in [5.41, 5.74) is 4.24. The maximum absolute atomic E-state index is 12.7. The third kappa shape index (κ3) is 4.18. The Morgan fingerprint density at radius 1 is 1.06 bits per heavy atom. The minimum absolute atomic E-state index is 0.153. The van der Waals surface area contributed by atoms with Gasteiger partial charge < -0.3 is 14.5 Å². The van der Waals surface area contributed by atoms with Gasteiger partial charge in [-0.25, -0.2) is 9.59 Å². The van der Waals surface area contributed by atoms with Crippen LogP contribution in [0, 0.1) is 13.8 Å². The molecule has 1 fully saturated rings. The number of nitrogens with zero attached hydrogens (tertiary/aromatic N) is 1. The first-order valence-electron chi connectivity index (χ1n) is 10.0. The first kappa shape index (κ1) is 21.1. The van der Waals surface area contributed by atoms with E-state index in [2.05, 4.69) is 5.32 Å². The predicted octanol–water partition coefficient (Wildman–Crippen LogP) is 4.44. The molecule has 3 amide bonds. The third-order valence-electron chi connectivity index (χ3n) is 5.25. The van der Waals surface area contributed by atoms with Crippen molar-refractivity contribution in [3.8, 4) is 11.3 Å². The molecule has 0 saturated carbocycles. The fraction of sp³-hybridized carbons (Fsp3) is 0.160. The number of hydrogen-bond acceptors (Lipinski definition) is 5. The second-order valence-electron chi connectivity index (χ2n) is 7.59. The number of amides is 3. The molecule has 1 N–H and O–H groups in total. The zero-order valence-electron chi connectivity index (χ0n) is 18.0. The quantitative estimate of drug-likeness (QED) is 0.367. The molecule has 0 aliphatic carbocycles. The van der Waals surface area contributed by atoms with Gasteiger partial charge in [0, 0.05) is 11.6 Å². The maximum atomic E-state index is 12.7. The summed E-state index contributed by atoms with van der Waals surface area (Å²) in [6, 6.07) is 15.9. The zero-order chi connectivity index (χ0) is 22.8. The molecule has 7 nitrogen and oxygen atoms in total. The summed E-state index contributed by atoms with van der Waals surface area (Å²) in [4.78, 5) is 37.9. The lowest BCUT2D eigenvalue weighted by Gasteiger charge is -2.11. The number of hydrogen-bond donors (Lipinski definition) is 1. The van der Waals surface area contributed by atoms with E-state index in [9.17, 15) is 14.4 Å². The van der Waals surface area contributed by atoms with E-state index in [1.807, 2.05) is 38.1 Å². The van der Waals surface area contributed by atoms with Crippen molar-refractivity contribution >= 4 is 24.0 Å². The van der Waals surface area contributed by atoms with Crippen LogP contribution < -0.4 is 5.32 Å². The van der Waals surface area contributed by atoms with Gasteiger partial charge in [-0.2, -0.15) is 0 Å². The largest absolute Gasteiger partial charge is 0.465 e. The summed E-state index contributed by atoms with van der Waals surface area (Å²) in [6.07, 6.45) is 1.51. The van der Waals surface area contributed by atoms with Crippen LogP contribution in [0.15, 0.2) is 64.7 Å². The molecule has 0 atom stereocenters. The summed E-state index contributed by atoms with van der Waals surface area (Å²) in [6.45, 7) is 4.04. The number of imide groups is 1. The number of methoxy groups -OCH3 is 1. The molecule has 0 unspecified atom stereocenters. The minimum Gasteiger partial charge on any atom is -0.465 e. The highest BCUT2D eigenvalue weighted by Gasteiger charge is 2.33. The summed E-state index contributed by atoms with van der Waals surface area (Å²) in [5.74, 6) is 0.193. The van der Waals surface area contributed by atoms with Gasteiger partial charge in [0.05, 0.1) is 19.2 Å². The van der Waals surface area contributed by atoms with Crippen LogP contribution in [-0.2, 0) is 16.1 Å². The lowest BCUT2D eigenvalue weighted by atomic mass is 10.0. The molecule has 4 rings (SSSR count). The van der Waals surface area contributed by atoms with Gasteiger partial charge in [-0.1, -0.05) is 35.9 Å². The molecule has 32 heavy (non-hydrogen) atoms. The number of benzene rings is 2. The van der Waals surface area contributed by atoms with Gasteiger partial charge in [0.15, 0.2) is 0 Å². The molecule has 2 aromatic carbocycles. The number of ether oxygens (including phenoxy) is 1. The van der Waals surface area contributed by atoms with Gasteiger partial charge in [0.1, 0.15) is 17.2 Å².